The van der Waals surface area contributed by atoms with Crippen molar-refractivity contribution in [2.45, 2.75) is 63.7 Å². The number of hydrogen-bond acceptors (Lipinski definition) is 7. The number of hydrogen-bond donors (Lipinski definition) is 1. The van der Waals surface area contributed by atoms with Crippen molar-refractivity contribution >= 4 is 17.7 Å². The van der Waals surface area contributed by atoms with E-state index in [1.54, 1.807) is 6.92 Å². The van der Waals surface area contributed by atoms with E-state index in [0.717, 1.165) is 54.3 Å². The maximum Gasteiger partial charge on any atom is 0.231 e. The van der Waals surface area contributed by atoms with E-state index in [1.165, 1.54) is 11.8 Å². The molecule has 0 saturated heterocycles. The average molecular weight is 427 g/mol. The summed E-state index contributed by atoms with van der Waals surface area (Å²) in [5.41, 5.74) is 1.67. The molecule has 3 aromatic rings. The summed E-state index contributed by atoms with van der Waals surface area (Å²) in [7, 11) is 0. The van der Waals surface area contributed by atoms with Gasteiger partial charge in [0.1, 0.15) is 5.54 Å². The monoisotopic (exact) mass is 426 g/mol. The third-order valence-electron chi connectivity index (χ3n) is 5.54. The number of aryl methyl sites for hydroxylation is 2. The van der Waals surface area contributed by atoms with Crippen LogP contribution in [0.15, 0.2) is 33.9 Å². The van der Waals surface area contributed by atoms with Crippen molar-refractivity contribution in [3.05, 3.63) is 41.5 Å². The lowest BCUT2D eigenvalue weighted by atomic mass is 9.96. The standard InChI is InChI=1S/C21H26N6O2S/c1-4-27-18(16-10-6-5-9-14(16)2)24-25-20(27)30-13-17(28)23-21(11-7-8-12-21)19-22-15(3)29-26-19/h5-6,9-10H,4,7-8,11-13H2,1-3H3,(H,23,28). The summed E-state index contributed by atoms with van der Waals surface area (Å²) in [6.07, 6.45) is 3.71. The normalized spacial score (nSPS) is 15.4. The molecule has 1 fully saturated rings. The van der Waals surface area contributed by atoms with Crippen molar-refractivity contribution in [3.63, 3.8) is 0 Å². The first-order chi connectivity index (χ1) is 14.5. The zero-order chi connectivity index (χ0) is 21.1. The lowest BCUT2D eigenvalue weighted by molar-refractivity contribution is -0.120. The smallest absolute Gasteiger partial charge is 0.231 e. The summed E-state index contributed by atoms with van der Waals surface area (Å²) < 4.78 is 7.21. The van der Waals surface area contributed by atoms with E-state index in [4.69, 9.17) is 4.52 Å². The van der Waals surface area contributed by atoms with Crippen LogP contribution in [0.25, 0.3) is 11.4 Å². The number of rotatable bonds is 7. The summed E-state index contributed by atoms with van der Waals surface area (Å²) in [5.74, 6) is 2.11. The number of amides is 1. The highest BCUT2D eigenvalue weighted by molar-refractivity contribution is 7.99. The molecule has 1 aromatic carbocycles. The predicted molar refractivity (Wildman–Crippen MR) is 114 cm³/mol. The Labute approximate surface area is 179 Å². The number of carbonyl (C=O) groups is 1. The first kappa shape index (κ1) is 20.6. The molecule has 0 aliphatic heterocycles. The van der Waals surface area contributed by atoms with Crippen molar-refractivity contribution in [2.75, 3.05) is 5.75 Å². The second-order valence-corrected chi connectivity index (χ2v) is 8.57. The van der Waals surface area contributed by atoms with Crippen molar-refractivity contribution < 1.29 is 9.32 Å². The van der Waals surface area contributed by atoms with Crippen molar-refractivity contribution in [3.8, 4) is 11.4 Å². The molecule has 0 unspecified atom stereocenters. The zero-order valence-corrected chi connectivity index (χ0v) is 18.3. The fourth-order valence-electron chi connectivity index (χ4n) is 4.01. The molecule has 1 amide bonds. The molecule has 1 N–H and O–H groups in total. The van der Waals surface area contributed by atoms with E-state index >= 15 is 0 Å². The van der Waals surface area contributed by atoms with Gasteiger partial charge in [-0.3, -0.25) is 4.79 Å². The molecule has 9 heteroatoms. The van der Waals surface area contributed by atoms with E-state index in [1.807, 2.05) is 22.8 Å². The Bertz CT molecular complexity index is 1040. The van der Waals surface area contributed by atoms with Gasteiger partial charge in [0, 0.05) is 19.0 Å². The van der Waals surface area contributed by atoms with Gasteiger partial charge in [0.2, 0.25) is 11.8 Å². The van der Waals surface area contributed by atoms with E-state index in [-0.39, 0.29) is 11.7 Å². The molecule has 1 aliphatic carbocycles. The van der Waals surface area contributed by atoms with E-state index in [9.17, 15) is 4.79 Å². The lowest BCUT2D eigenvalue weighted by Crippen LogP contribution is -2.45. The number of nitrogens with zero attached hydrogens (tertiary/aromatic N) is 5. The molecule has 1 saturated carbocycles. The maximum absolute atomic E-state index is 12.8. The molecule has 1 aliphatic rings. The van der Waals surface area contributed by atoms with Gasteiger partial charge >= 0.3 is 0 Å². The van der Waals surface area contributed by atoms with E-state index in [0.29, 0.717) is 11.7 Å². The minimum absolute atomic E-state index is 0.0625. The minimum atomic E-state index is -0.528. The Morgan fingerprint density at radius 1 is 1.23 bits per heavy atom. The molecular weight excluding hydrogens is 400 g/mol. The van der Waals surface area contributed by atoms with Crippen molar-refractivity contribution in [1.82, 2.24) is 30.2 Å². The highest BCUT2D eigenvalue weighted by Crippen LogP contribution is 2.37. The number of nitrogens with one attached hydrogen (secondary N) is 1. The topological polar surface area (TPSA) is 98.7 Å². The number of aromatic nitrogens is 5. The summed E-state index contributed by atoms with van der Waals surface area (Å²) in [5, 5.41) is 16.7. The van der Waals surface area contributed by atoms with E-state index < -0.39 is 5.54 Å². The molecule has 158 valence electrons. The van der Waals surface area contributed by atoms with E-state index in [2.05, 4.69) is 45.6 Å². The lowest BCUT2D eigenvalue weighted by Gasteiger charge is -2.26. The van der Waals surface area contributed by atoms with Gasteiger partial charge in [-0.2, -0.15) is 4.98 Å². The second-order valence-electron chi connectivity index (χ2n) is 7.63. The molecule has 30 heavy (non-hydrogen) atoms. The van der Waals surface area contributed by atoms with Crippen LogP contribution in [0.5, 0.6) is 0 Å². The number of benzene rings is 1. The van der Waals surface area contributed by atoms with Crippen LogP contribution in [0.1, 0.15) is 49.9 Å². The zero-order valence-electron chi connectivity index (χ0n) is 17.5. The first-order valence-corrected chi connectivity index (χ1v) is 11.2. The Balaban J connectivity index is 1.47. The van der Waals surface area contributed by atoms with Crippen LogP contribution < -0.4 is 5.32 Å². The largest absolute Gasteiger partial charge is 0.342 e. The molecule has 4 rings (SSSR count). The van der Waals surface area contributed by atoms with Gasteiger partial charge in [-0.05, 0) is 32.3 Å². The Morgan fingerprint density at radius 2 is 2.00 bits per heavy atom. The van der Waals surface area contributed by atoms with Gasteiger partial charge in [-0.15, -0.1) is 10.2 Å². The van der Waals surface area contributed by atoms with Crippen molar-refractivity contribution in [2.24, 2.45) is 0 Å². The fraction of sp³-hybridized carbons (Fsp3) is 0.476. The summed E-state index contributed by atoms with van der Waals surface area (Å²) in [4.78, 5) is 17.2. The number of thioether (sulfide) groups is 1. The third kappa shape index (κ3) is 3.98. The molecule has 0 spiro atoms. The number of carbonyl (C=O) groups excluding carboxylic acids is 1. The SMILES string of the molecule is CCn1c(SCC(=O)NC2(c3noc(C)n3)CCCC2)nnc1-c1ccccc1C. The van der Waals surface area contributed by atoms with Gasteiger partial charge in [-0.25, -0.2) is 0 Å². The molecule has 2 heterocycles. The fourth-order valence-corrected chi connectivity index (χ4v) is 4.82. The van der Waals surface area contributed by atoms with Crippen LogP contribution >= 0.6 is 11.8 Å². The Kier molecular flexibility index (Phi) is 5.90. The van der Waals surface area contributed by atoms with Gasteiger partial charge in [0.05, 0.1) is 5.75 Å². The summed E-state index contributed by atoms with van der Waals surface area (Å²) >= 11 is 1.40. The average Bonchev–Trinajstić information content (AvgIpc) is 3.47. The van der Waals surface area contributed by atoms with Gasteiger partial charge in [0.15, 0.2) is 16.8 Å². The van der Waals surface area contributed by atoms with Crippen LogP contribution in [0.4, 0.5) is 0 Å². The molecule has 8 nitrogen and oxygen atoms in total. The van der Waals surface area contributed by atoms with Crippen LogP contribution in [0.3, 0.4) is 0 Å². The van der Waals surface area contributed by atoms with Gasteiger partial charge < -0.3 is 14.4 Å². The minimum Gasteiger partial charge on any atom is -0.342 e. The highest BCUT2D eigenvalue weighted by Gasteiger charge is 2.41. The van der Waals surface area contributed by atoms with Gasteiger partial charge in [-0.1, -0.05) is 54.0 Å². The summed E-state index contributed by atoms with van der Waals surface area (Å²) in [6.45, 7) is 6.61. The quantitative estimate of drug-likeness (QED) is 0.576. The molecule has 0 radical (unpaired) electrons. The van der Waals surface area contributed by atoms with Gasteiger partial charge in [0.25, 0.3) is 0 Å². The second kappa shape index (κ2) is 8.59. The van der Waals surface area contributed by atoms with Crippen molar-refractivity contribution in [1.29, 1.82) is 0 Å². The van der Waals surface area contributed by atoms with Crippen LogP contribution in [0.2, 0.25) is 0 Å². The summed E-state index contributed by atoms with van der Waals surface area (Å²) in [6, 6.07) is 8.11. The Hall–Kier alpha value is -2.68. The molecule has 0 bridgehead atoms. The first-order valence-electron chi connectivity index (χ1n) is 10.3. The van der Waals surface area contributed by atoms with Crippen LogP contribution in [-0.2, 0) is 16.9 Å². The highest BCUT2D eigenvalue weighted by atomic mass is 32.2. The molecule has 0 atom stereocenters. The van der Waals surface area contributed by atoms with Crippen LogP contribution in [0, 0.1) is 13.8 Å². The molecule has 2 aromatic heterocycles. The predicted octanol–water partition coefficient (Wildman–Crippen LogP) is 3.64. The van der Waals surface area contributed by atoms with Crippen LogP contribution in [-0.4, -0.2) is 36.6 Å². The molecular formula is C21H26N6O2S. The third-order valence-corrected chi connectivity index (χ3v) is 6.51. The Morgan fingerprint density at radius 3 is 2.67 bits per heavy atom. The maximum atomic E-state index is 12.8.